The van der Waals surface area contributed by atoms with Crippen LogP contribution in [0.25, 0.3) is 0 Å². The number of ether oxygens (including phenoxy) is 1. The fraction of sp³-hybridized carbons (Fsp3) is 0.682. The van der Waals surface area contributed by atoms with Crippen molar-refractivity contribution in [3.8, 4) is 5.75 Å². The summed E-state index contributed by atoms with van der Waals surface area (Å²) >= 11 is 0. The molecule has 5 bridgehead atoms. The van der Waals surface area contributed by atoms with Crippen LogP contribution in [0.1, 0.15) is 56.6 Å². The molecule has 1 aromatic rings. The molecule has 5 unspecified atom stereocenters. The van der Waals surface area contributed by atoms with Crippen LogP contribution in [0.15, 0.2) is 18.2 Å². The maximum absolute atomic E-state index is 12.7. The van der Waals surface area contributed by atoms with Crippen LogP contribution in [0.3, 0.4) is 0 Å². The van der Waals surface area contributed by atoms with Crippen molar-refractivity contribution in [1.82, 2.24) is 4.90 Å². The number of phenols is 1. The van der Waals surface area contributed by atoms with E-state index < -0.39 is 0 Å². The van der Waals surface area contributed by atoms with Gasteiger partial charge in [-0.3, -0.25) is 9.69 Å². The summed E-state index contributed by atoms with van der Waals surface area (Å²) in [5.41, 5.74) is 2.95. The second-order valence-corrected chi connectivity index (χ2v) is 8.79. The number of hydrogen-bond donors (Lipinski definition) is 1. The highest BCUT2D eigenvalue weighted by molar-refractivity contribution is 5.74. The lowest BCUT2D eigenvalue weighted by Crippen LogP contribution is -2.70. The normalized spacial score (nSPS) is 40.3. The van der Waals surface area contributed by atoms with Crippen LogP contribution in [0, 0.1) is 11.8 Å². The predicted molar refractivity (Wildman–Crippen MR) is 99.1 cm³/mol. The summed E-state index contributed by atoms with van der Waals surface area (Å²) in [6.45, 7) is 3.49. The summed E-state index contributed by atoms with van der Waals surface area (Å²) in [6, 6.07) is 6.88. The van der Waals surface area contributed by atoms with Gasteiger partial charge in [0.1, 0.15) is 5.75 Å². The second kappa shape index (κ2) is 5.98. The van der Waals surface area contributed by atoms with Crippen LogP contribution < -0.4 is 0 Å². The Morgan fingerprint density at radius 2 is 2.19 bits per heavy atom. The van der Waals surface area contributed by atoms with E-state index >= 15 is 0 Å². The Balaban J connectivity index is 1.63. The third kappa shape index (κ3) is 2.20. The molecule has 26 heavy (non-hydrogen) atoms. The number of aromatic hydroxyl groups is 1. The first-order chi connectivity index (χ1) is 12.6. The Labute approximate surface area is 155 Å². The molecule has 3 heterocycles. The third-order valence-electron chi connectivity index (χ3n) is 7.76. The van der Waals surface area contributed by atoms with E-state index in [1.54, 1.807) is 0 Å². The number of carbonyl (C=O) groups excluding carboxylic acids is 1. The quantitative estimate of drug-likeness (QED) is 0.826. The minimum absolute atomic E-state index is 0.00972. The molecule has 140 valence electrons. The number of piperidine rings is 2. The van der Waals surface area contributed by atoms with Crippen molar-refractivity contribution < 1.29 is 14.6 Å². The number of benzene rings is 1. The van der Waals surface area contributed by atoms with Crippen molar-refractivity contribution in [2.24, 2.45) is 11.8 Å². The minimum Gasteiger partial charge on any atom is -0.508 e. The van der Waals surface area contributed by atoms with Crippen LogP contribution in [0.4, 0.5) is 0 Å². The summed E-state index contributed by atoms with van der Waals surface area (Å²) in [6.07, 6.45) is 8.02. The zero-order valence-corrected chi connectivity index (χ0v) is 15.6. The number of esters is 1. The van der Waals surface area contributed by atoms with Crippen LogP contribution >= 0.6 is 0 Å². The summed E-state index contributed by atoms with van der Waals surface area (Å²) in [7, 11) is 0. The molecule has 4 nitrogen and oxygen atoms in total. The average Bonchev–Trinajstić information content (AvgIpc) is 2.74. The SMILES string of the molecule is CCOC(=O)C1CC2C3Cc4ccc(O)cc4[C@@]24CCCCCN3C1C4. The average molecular weight is 355 g/mol. The van der Waals surface area contributed by atoms with E-state index in [4.69, 9.17) is 4.74 Å². The van der Waals surface area contributed by atoms with Crippen LogP contribution in [0.2, 0.25) is 0 Å². The van der Waals surface area contributed by atoms with E-state index in [9.17, 15) is 9.90 Å². The Hall–Kier alpha value is -1.55. The fourth-order valence-corrected chi connectivity index (χ4v) is 6.84. The van der Waals surface area contributed by atoms with Crippen molar-refractivity contribution >= 4 is 5.97 Å². The van der Waals surface area contributed by atoms with E-state index in [2.05, 4.69) is 11.0 Å². The zero-order chi connectivity index (χ0) is 17.9. The lowest BCUT2D eigenvalue weighted by molar-refractivity contribution is -0.167. The molecular formula is C22H29NO3. The maximum Gasteiger partial charge on any atom is 0.310 e. The number of hydrogen-bond acceptors (Lipinski definition) is 4. The molecule has 4 heteroatoms. The number of fused-ring (bicyclic) bond motifs is 2. The van der Waals surface area contributed by atoms with Gasteiger partial charge in [-0.05, 0) is 74.8 Å². The lowest BCUT2D eigenvalue weighted by atomic mass is 9.48. The second-order valence-electron chi connectivity index (χ2n) is 8.79. The van der Waals surface area contributed by atoms with Gasteiger partial charge in [0, 0.05) is 17.5 Å². The third-order valence-corrected chi connectivity index (χ3v) is 7.76. The maximum atomic E-state index is 12.7. The molecule has 0 amide bonds. The van der Waals surface area contributed by atoms with Gasteiger partial charge in [-0.15, -0.1) is 0 Å². The van der Waals surface area contributed by atoms with Crippen LogP contribution in [-0.4, -0.2) is 41.2 Å². The molecule has 6 rings (SSSR count). The highest BCUT2D eigenvalue weighted by Crippen LogP contribution is 2.61. The molecule has 1 N–H and O–H groups in total. The molecule has 1 aromatic carbocycles. The summed E-state index contributed by atoms with van der Waals surface area (Å²) < 4.78 is 5.45. The van der Waals surface area contributed by atoms with E-state index in [0.29, 0.717) is 30.4 Å². The Kier molecular flexibility index (Phi) is 3.82. The first-order valence-corrected chi connectivity index (χ1v) is 10.4. The summed E-state index contributed by atoms with van der Waals surface area (Å²) in [5, 5.41) is 10.2. The van der Waals surface area contributed by atoms with E-state index in [0.717, 1.165) is 25.8 Å². The monoisotopic (exact) mass is 355 g/mol. The van der Waals surface area contributed by atoms with Gasteiger partial charge in [0.25, 0.3) is 0 Å². The van der Waals surface area contributed by atoms with Crippen molar-refractivity contribution in [1.29, 1.82) is 0 Å². The zero-order valence-electron chi connectivity index (χ0n) is 15.6. The van der Waals surface area contributed by atoms with E-state index in [-0.39, 0.29) is 17.3 Å². The van der Waals surface area contributed by atoms with Gasteiger partial charge in [-0.25, -0.2) is 0 Å². The molecular weight excluding hydrogens is 326 g/mol. The predicted octanol–water partition coefficient (Wildman–Crippen LogP) is 3.40. The van der Waals surface area contributed by atoms with E-state index in [1.807, 2.05) is 19.1 Å². The first-order valence-electron chi connectivity index (χ1n) is 10.4. The minimum atomic E-state index is 0.00972. The summed E-state index contributed by atoms with van der Waals surface area (Å²) in [5.74, 6) is 0.933. The largest absolute Gasteiger partial charge is 0.508 e. The number of phenolic OH excluding ortho intramolecular Hbond substituents is 1. The highest BCUT2D eigenvalue weighted by Gasteiger charge is 2.62. The molecule has 4 fully saturated rings. The van der Waals surface area contributed by atoms with Crippen molar-refractivity contribution in [2.75, 3.05) is 13.2 Å². The summed E-state index contributed by atoms with van der Waals surface area (Å²) in [4.78, 5) is 15.4. The highest BCUT2D eigenvalue weighted by atomic mass is 16.5. The van der Waals surface area contributed by atoms with Gasteiger partial charge in [0.15, 0.2) is 0 Å². The van der Waals surface area contributed by atoms with Gasteiger partial charge in [-0.2, -0.15) is 0 Å². The molecule has 1 saturated carbocycles. The Morgan fingerprint density at radius 1 is 1.31 bits per heavy atom. The fourth-order valence-electron chi connectivity index (χ4n) is 6.84. The van der Waals surface area contributed by atoms with Crippen molar-refractivity contribution in [2.45, 2.75) is 69.4 Å². The Morgan fingerprint density at radius 3 is 3.04 bits per heavy atom. The van der Waals surface area contributed by atoms with Crippen LogP contribution in [-0.2, 0) is 21.4 Å². The van der Waals surface area contributed by atoms with Crippen LogP contribution in [0.5, 0.6) is 5.75 Å². The molecule has 3 saturated heterocycles. The van der Waals surface area contributed by atoms with Gasteiger partial charge in [-0.1, -0.05) is 18.9 Å². The molecule has 0 radical (unpaired) electrons. The van der Waals surface area contributed by atoms with Crippen molar-refractivity contribution in [3.05, 3.63) is 29.3 Å². The standard InChI is InChI=1S/C22H29NO3/c1-2-26-21(25)16-12-18-19-10-14-6-7-15(24)11-17(14)22(18)8-4-3-5-9-23(19)20(16)13-22/h6-7,11,16,18-20,24H,2-5,8-10,12-13H2,1H3/t16?,18?,19?,20?,22-/m0/s1. The lowest BCUT2D eigenvalue weighted by Gasteiger charge is -2.65. The number of carbonyl (C=O) groups is 1. The molecule has 5 aliphatic rings. The Bertz CT molecular complexity index is 732. The molecule has 6 atom stereocenters. The van der Waals surface area contributed by atoms with Crippen molar-refractivity contribution in [3.63, 3.8) is 0 Å². The molecule has 0 aromatic heterocycles. The topological polar surface area (TPSA) is 49.8 Å². The number of rotatable bonds is 2. The van der Waals surface area contributed by atoms with Gasteiger partial charge < -0.3 is 9.84 Å². The first kappa shape index (κ1) is 16.6. The smallest absolute Gasteiger partial charge is 0.310 e. The molecule has 3 aliphatic heterocycles. The number of nitrogens with zero attached hydrogens (tertiary/aromatic N) is 1. The molecule has 0 spiro atoms. The van der Waals surface area contributed by atoms with Gasteiger partial charge in [0.2, 0.25) is 0 Å². The van der Waals surface area contributed by atoms with Gasteiger partial charge >= 0.3 is 5.97 Å². The van der Waals surface area contributed by atoms with E-state index in [1.165, 1.54) is 36.8 Å². The molecule has 2 aliphatic carbocycles. The van der Waals surface area contributed by atoms with Gasteiger partial charge in [0.05, 0.1) is 12.5 Å².